The molecule has 0 aliphatic carbocycles. The number of piperidine rings is 1. The number of aliphatic hydroxyl groups excluding tert-OH is 1. The number of aliphatic hydroxyl groups is 1. The summed E-state index contributed by atoms with van der Waals surface area (Å²) in [6.45, 7) is 0.845. The molecule has 1 aromatic heterocycles. The normalized spacial score (nSPS) is 19.1. The number of amides is 1. The van der Waals surface area contributed by atoms with Gasteiger partial charge in [0.15, 0.2) is 0 Å². The second-order valence-electron chi connectivity index (χ2n) is 5.45. The zero-order valence-electron chi connectivity index (χ0n) is 11.7. The van der Waals surface area contributed by atoms with Crippen molar-refractivity contribution in [2.24, 2.45) is 0 Å². The highest BCUT2D eigenvalue weighted by molar-refractivity contribution is 7.20. The molecule has 3 rings (SSSR count). The van der Waals surface area contributed by atoms with Crippen LogP contribution in [0.3, 0.4) is 0 Å². The number of hydrogen-bond donors (Lipinski definition) is 1. The molecule has 5 heteroatoms. The Morgan fingerprint density at radius 3 is 3.05 bits per heavy atom. The summed E-state index contributed by atoms with van der Waals surface area (Å²) in [5.74, 6) is -0.269. The number of hydrogen-bond acceptors (Lipinski definition) is 3. The molecule has 1 atom stereocenters. The standard InChI is InChI=1S/C16H18FNO2S/c17-12-5-4-11-9-15(21-14(11)10-12)16(20)18-7-2-1-3-13(18)6-8-19/h4-5,9-10,13,19H,1-3,6-8H2. The van der Waals surface area contributed by atoms with E-state index in [1.165, 1.54) is 23.5 Å². The lowest BCUT2D eigenvalue weighted by atomic mass is 9.99. The van der Waals surface area contributed by atoms with Gasteiger partial charge in [-0.15, -0.1) is 11.3 Å². The van der Waals surface area contributed by atoms with Crippen LogP contribution in [0.5, 0.6) is 0 Å². The van der Waals surface area contributed by atoms with Crippen LogP contribution in [-0.4, -0.2) is 35.1 Å². The van der Waals surface area contributed by atoms with Gasteiger partial charge in [-0.05, 0) is 49.3 Å². The molecule has 0 bridgehead atoms. The first-order valence-corrected chi connectivity index (χ1v) is 8.11. The number of halogens is 1. The lowest BCUT2D eigenvalue weighted by molar-refractivity contribution is 0.0579. The van der Waals surface area contributed by atoms with Crippen molar-refractivity contribution in [1.82, 2.24) is 4.90 Å². The Balaban J connectivity index is 1.87. The summed E-state index contributed by atoms with van der Waals surface area (Å²) in [5.41, 5.74) is 0. The van der Waals surface area contributed by atoms with E-state index in [-0.39, 0.29) is 24.4 Å². The maximum absolute atomic E-state index is 13.2. The number of carbonyl (C=O) groups is 1. The Bertz CT molecular complexity index is 653. The van der Waals surface area contributed by atoms with E-state index < -0.39 is 0 Å². The lowest BCUT2D eigenvalue weighted by Crippen LogP contribution is -2.43. The van der Waals surface area contributed by atoms with Crippen molar-refractivity contribution in [3.8, 4) is 0 Å². The van der Waals surface area contributed by atoms with Crippen LogP contribution in [-0.2, 0) is 0 Å². The van der Waals surface area contributed by atoms with Gasteiger partial charge in [-0.1, -0.05) is 6.07 Å². The second kappa shape index (κ2) is 6.12. The fraction of sp³-hybridized carbons (Fsp3) is 0.438. The number of carbonyl (C=O) groups excluding carboxylic acids is 1. The van der Waals surface area contributed by atoms with Crippen molar-refractivity contribution in [2.45, 2.75) is 31.7 Å². The molecular formula is C16H18FNO2S. The highest BCUT2D eigenvalue weighted by atomic mass is 32.1. The molecule has 2 heterocycles. The van der Waals surface area contributed by atoms with E-state index in [1.54, 1.807) is 6.07 Å². The fourth-order valence-electron chi connectivity index (χ4n) is 2.97. The van der Waals surface area contributed by atoms with Crippen LogP contribution in [0.15, 0.2) is 24.3 Å². The molecule has 112 valence electrons. The molecule has 0 saturated carbocycles. The summed E-state index contributed by atoms with van der Waals surface area (Å²) in [6, 6.07) is 6.56. The number of rotatable bonds is 3. The molecule has 0 spiro atoms. The van der Waals surface area contributed by atoms with Gasteiger partial charge in [-0.25, -0.2) is 4.39 Å². The average Bonchev–Trinajstić information content (AvgIpc) is 2.90. The van der Waals surface area contributed by atoms with E-state index in [0.29, 0.717) is 11.3 Å². The molecular weight excluding hydrogens is 289 g/mol. The summed E-state index contributed by atoms with van der Waals surface area (Å²) >= 11 is 1.34. The molecule has 3 nitrogen and oxygen atoms in total. The molecule has 2 aromatic rings. The van der Waals surface area contributed by atoms with Gasteiger partial charge in [0.05, 0.1) is 4.88 Å². The fourth-order valence-corrected chi connectivity index (χ4v) is 4.01. The minimum absolute atomic E-state index is 0.00904. The van der Waals surface area contributed by atoms with E-state index in [9.17, 15) is 9.18 Å². The summed E-state index contributed by atoms with van der Waals surface area (Å²) < 4.78 is 14.0. The average molecular weight is 307 g/mol. The van der Waals surface area contributed by atoms with Crippen molar-refractivity contribution in [1.29, 1.82) is 0 Å². The first-order valence-electron chi connectivity index (χ1n) is 7.30. The Labute approximate surface area is 127 Å². The Kier molecular flexibility index (Phi) is 4.22. The number of fused-ring (bicyclic) bond motifs is 1. The van der Waals surface area contributed by atoms with Crippen LogP contribution in [0.25, 0.3) is 10.1 Å². The van der Waals surface area contributed by atoms with Crippen molar-refractivity contribution < 1.29 is 14.3 Å². The van der Waals surface area contributed by atoms with E-state index >= 15 is 0 Å². The molecule has 1 saturated heterocycles. The maximum atomic E-state index is 13.2. The van der Waals surface area contributed by atoms with Crippen LogP contribution in [0, 0.1) is 5.82 Å². The van der Waals surface area contributed by atoms with Crippen LogP contribution < -0.4 is 0 Å². The lowest BCUT2D eigenvalue weighted by Gasteiger charge is -2.35. The third kappa shape index (κ3) is 2.94. The minimum Gasteiger partial charge on any atom is -0.396 e. The van der Waals surface area contributed by atoms with Crippen LogP contribution in [0.4, 0.5) is 4.39 Å². The van der Waals surface area contributed by atoms with E-state index in [0.717, 1.165) is 35.9 Å². The van der Waals surface area contributed by atoms with Crippen LogP contribution in [0.1, 0.15) is 35.4 Å². The van der Waals surface area contributed by atoms with Crippen molar-refractivity contribution >= 4 is 27.3 Å². The van der Waals surface area contributed by atoms with Gasteiger partial charge in [0, 0.05) is 23.9 Å². The van der Waals surface area contributed by atoms with E-state index in [4.69, 9.17) is 5.11 Å². The van der Waals surface area contributed by atoms with Crippen molar-refractivity contribution in [3.05, 3.63) is 35.0 Å². The molecule has 1 aliphatic heterocycles. The van der Waals surface area contributed by atoms with Gasteiger partial charge in [0.25, 0.3) is 5.91 Å². The molecule has 1 amide bonds. The number of nitrogens with zero attached hydrogens (tertiary/aromatic N) is 1. The van der Waals surface area contributed by atoms with Crippen molar-refractivity contribution in [3.63, 3.8) is 0 Å². The Hall–Kier alpha value is -1.46. The summed E-state index contributed by atoms with van der Waals surface area (Å²) in [4.78, 5) is 15.2. The number of thiophene rings is 1. The first kappa shape index (κ1) is 14.5. The highest BCUT2D eigenvalue weighted by Crippen LogP contribution is 2.29. The Morgan fingerprint density at radius 2 is 2.24 bits per heavy atom. The van der Waals surface area contributed by atoms with Gasteiger partial charge in [-0.3, -0.25) is 4.79 Å². The summed E-state index contributed by atoms with van der Waals surface area (Å²) in [7, 11) is 0. The Morgan fingerprint density at radius 1 is 1.38 bits per heavy atom. The largest absolute Gasteiger partial charge is 0.396 e. The number of benzene rings is 1. The zero-order valence-corrected chi connectivity index (χ0v) is 12.5. The minimum atomic E-state index is -0.278. The summed E-state index contributed by atoms with van der Waals surface area (Å²) in [6.07, 6.45) is 3.69. The van der Waals surface area contributed by atoms with Gasteiger partial charge in [0.1, 0.15) is 5.82 Å². The van der Waals surface area contributed by atoms with E-state index in [2.05, 4.69) is 0 Å². The SMILES string of the molecule is O=C(c1cc2ccc(F)cc2s1)N1CCCCC1CCO. The topological polar surface area (TPSA) is 40.5 Å². The van der Waals surface area contributed by atoms with Crippen molar-refractivity contribution in [2.75, 3.05) is 13.2 Å². The van der Waals surface area contributed by atoms with Gasteiger partial charge >= 0.3 is 0 Å². The second-order valence-corrected chi connectivity index (χ2v) is 6.54. The van der Waals surface area contributed by atoms with Gasteiger partial charge in [0.2, 0.25) is 0 Å². The molecule has 1 aromatic carbocycles. The predicted molar refractivity (Wildman–Crippen MR) is 82.2 cm³/mol. The molecule has 1 unspecified atom stereocenters. The molecule has 1 fully saturated rings. The first-order chi connectivity index (χ1) is 10.2. The molecule has 21 heavy (non-hydrogen) atoms. The summed E-state index contributed by atoms with van der Waals surface area (Å²) in [5, 5.41) is 10.1. The van der Waals surface area contributed by atoms with Crippen LogP contribution >= 0.6 is 11.3 Å². The third-order valence-electron chi connectivity index (χ3n) is 4.04. The molecule has 1 aliphatic rings. The smallest absolute Gasteiger partial charge is 0.264 e. The van der Waals surface area contributed by atoms with E-state index in [1.807, 2.05) is 11.0 Å². The number of likely N-dealkylation sites (tertiary alicyclic amines) is 1. The predicted octanol–water partition coefficient (Wildman–Crippen LogP) is 3.42. The zero-order chi connectivity index (χ0) is 14.8. The molecule has 0 radical (unpaired) electrons. The van der Waals surface area contributed by atoms with Gasteiger partial charge < -0.3 is 10.0 Å². The quantitative estimate of drug-likeness (QED) is 0.944. The third-order valence-corrected chi connectivity index (χ3v) is 5.13. The van der Waals surface area contributed by atoms with Crippen LogP contribution in [0.2, 0.25) is 0 Å². The van der Waals surface area contributed by atoms with Gasteiger partial charge in [-0.2, -0.15) is 0 Å². The maximum Gasteiger partial charge on any atom is 0.264 e. The highest BCUT2D eigenvalue weighted by Gasteiger charge is 2.28. The molecule has 1 N–H and O–H groups in total. The monoisotopic (exact) mass is 307 g/mol.